The minimum Gasteiger partial charge on any atom is -0.506 e. The average molecular weight is 335 g/mol. The van der Waals surface area contributed by atoms with E-state index < -0.39 is 5.91 Å². The molecule has 4 rings (SSSR count). The Balaban J connectivity index is 1.83. The third-order valence-electron chi connectivity index (χ3n) is 3.79. The number of furan rings is 1. The number of aromatic hydroxyl groups is 1. The minimum absolute atomic E-state index is 0.0190. The van der Waals surface area contributed by atoms with Gasteiger partial charge < -0.3 is 19.4 Å². The fourth-order valence-electron chi connectivity index (χ4n) is 2.59. The first kappa shape index (κ1) is 14.9. The highest BCUT2D eigenvalue weighted by Gasteiger charge is 2.20. The van der Waals surface area contributed by atoms with Crippen LogP contribution in [0.2, 0.25) is 0 Å². The number of phenolic OH excluding ortho intramolecular Hbond substituents is 1. The minimum atomic E-state index is -0.409. The van der Waals surface area contributed by atoms with Gasteiger partial charge in [0.2, 0.25) is 0 Å². The molecule has 1 aromatic carbocycles. The van der Waals surface area contributed by atoms with E-state index in [-0.39, 0.29) is 11.5 Å². The largest absolute Gasteiger partial charge is 0.506 e. The average Bonchev–Trinajstić information content (AvgIpc) is 3.26. The van der Waals surface area contributed by atoms with Crippen molar-refractivity contribution in [2.75, 3.05) is 5.32 Å². The molecule has 4 aromatic rings. The number of para-hydroxylation sites is 2. The van der Waals surface area contributed by atoms with Crippen LogP contribution in [0.1, 0.15) is 16.1 Å². The standard InChI is InChI=1S/C18H13N3O4/c1-10-16-11(17(23)19-12-5-2-3-6-14(12)22)9-13(15-7-4-8-24-15)20-18(16)25-21-10/h2-9,22H,1H3,(H,19,23). The highest BCUT2D eigenvalue weighted by atomic mass is 16.5. The summed E-state index contributed by atoms with van der Waals surface area (Å²) in [5, 5.41) is 17.0. The summed E-state index contributed by atoms with van der Waals surface area (Å²) in [6.45, 7) is 1.73. The maximum absolute atomic E-state index is 12.8. The van der Waals surface area contributed by atoms with Gasteiger partial charge in [-0.1, -0.05) is 17.3 Å². The smallest absolute Gasteiger partial charge is 0.259 e. The van der Waals surface area contributed by atoms with Crippen molar-refractivity contribution in [2.24, 2.45) is 0 Å². The van der Waals surface area contributed by atoms with Crippen LogP contribution in [0.3, 0.4) is 0 Å². The molecule has 3 heterocycles. The summed E-state index contributed by atoms with van der Waals surface area (Å²) in [5.41, 5.74) is 1.89. The Morgan fingerprint density at radius 3 is 2.80 bits per heavy atom. The first-order valence-electron chi connectivity index (χ1n) is 7.54. The Morgan fingerprint density at radius 1 is 1.20 bits per heavy atom. The fourth-order valence-corrected chi connectivity index (χ4v) is 2.59. The zero-order chi connectivity index (χ0) is 17.4. The number of aryl methyl sites for hydroxylation is 1. The summed E-state index contributed by atoms with van der Waals surface area (Å²) in [6.07, 6.45) is 1.52. The summed E-state index contributed by atoms with van der Waals surface area (Å²) in [5.74, 6) is 0.0787. The Hall–Kier alpha value is -3.61. The molecule has 0 unspecified atom stereocenters. The number of rotatable bonds is 3. The second-order valence-electron chi connectivity index (χ2n) is 5.45. The van der Waals surface area contributed by atoms with Crippen molar-refractivity contribution in [2.45, 2.75) is 6.92 Å². The number of fused-ring (bicyclic) bond motifs is 1. The van der Waals surface area contributed by atoms with Crippen molar-refractivity contribution in [3.63, 3.8) is 0 Å². The van der Waals surface area contributed by atoms with Gasteiger partial charge in [0.05, 0.1) is 28.6 Å². The number of phenols is 1. The first-order valence-corrected chi connectivity index (χ1v) is 7.54. The number of anilines is 1. The summed E-state index contributed by atoms with van der Waals surface area (Å²) in [4.78, 5) is 17.2. The Bertz CT molecular complexity index is 1070. The highest BCUT2D eigenvalue weighted by Crippen LogP contribution is 2.29. The molecular weight excluding hydrogens is 322 g/mol. The molecule has 7 nitrogen and oxygen atoms in total. The fraction of sp³-hybridized carbons (Fsp3) is 0.0556. The monoisotopic (exact) mass is 335 g/mol. The molecule has 0 radical (unpaired) electrons. The van der Waals surface area contributed by atoms with Crippen LogP contribution in [0.15, 0.2) is 57.7 Å². The van der Waals surface area contributed by atoms with E-state index in [1.807, 2.05) is 0 Å². The number of aromatic nitrogens is 2. The van der Waals surface area contributed by atoms with Gasteiger partial charge >= 0.3 is 0 Å². The number of carbonyl (C=O) groups excluding carboxylic acids is 1. The zero-order valence-electron chi connectivity index (χ0n) is 13.2. The van der Waals surface area contributed by atoms with Crippen molar-refractivity contribution in [3.8, 4) is 17.2 Å². The zero-order valence-corrected chi connectivity index (χ0v) is 13.2. The second kappa shape index (κ2) is 5.79. The Labute approximate surface area is 141 Å². The lowest BCUT2D eigenvalue weighted by Gasteiger charge is -2.08. The molecule has 0 atom stereocenters. The summed E-state index contributed by atoms with van der Waals surface area (Å²) in [7, 11) is 0. The Morgan fingerprint density at radius 2 is 2.04 bits per heavy atom. The molecule has 0 spiro atoms. The number of nitrogens with one attached hydrogen (secondary N) is 1. The van der Waals surface area contributed by atoms with Crippen LogP contribution in [0.4, 0.5) is 5.69 Å². The van der Waals surface area contributed by atoms with E-state index in [1.165, 1.54) is 12.3 Å². The molecular formula is C18H13N3O4. The van der Waals surface area contributed by atoms with E-state index in [2.05, 4.69) is 15.5 Å². The van der Waals surface area contributed by atoms with Gasteiger partial charge in [-0.25, -0.2) is 4.98 Å². The van der Waals surface area contributed by atoms with Crippen molar-refractivity contribution in [3.05, 3.63) is 60.0 Å². The molecule has 25 heavy (non-hydrogen) atoms. The molecule has 1 amide bonds. The number of carbonyl (C=O) groups is 1. The van der Waals surface area contributed by atoms with E-state index in [0.717, 1.165) is 0 Å². The highest BCUT2D eigenvalue weighted by molar-refractivity contribution is 6.13. The molecule has 0 bridgehead atoms. The molecule has 0 aliphatic heterocycles. The second-order valence-corrected chi connectivity index (χ2v) is 5.45. The summed E-state index contributed by atoms with van der Waals surface area (Å²) >= 11 is 0. The number of amides is 1. The lowest BCUT2D eigenvalue weighted by Crippen LogP contribution is -2.13. The number of nitrogens with zero attached hydrogens (tertiary/aromatic N) is 2. The maximum Gasteiger partial charge on any atom is 0.259 e. The topological polar surface area (TPSA) is 101 Å². The van der Waals surface area contributed by atoms with Gasteiger partial charge in [-0.2, -0.15) is 0 Å². The predicted molar refractivity (Wildman–Crippen MR) is 90.3 cm³/mol. The van der Waals surface area contributed by atoms with Gasteiger partial charge in [0.25, 0.3) is 11.6 Å². The lowest BCUT2D eigenvalue weighted by molar-refractivity contribution is 0.102. The van der Waals surface area contributed by atoms with Gasteiger partial charge in [-0.05, 0) is 37.3 Å². The number of pyridine rings is 1. The van der Waals surface area contributed by atoms with Crippen molar-refractivity contribution < 1.29 is 18.8 Å². The molecule has 0 fully saturated rings. The van der Waals surface area contributed by atoms with Gasteiger partial charge in [0.15, 0.2) is 5.76 Å². The summed E-state index contributed by atoms with van der Waals surface area (Å²) < 4.78 is 10.6. The molecule has 0 saturated heterocycles. The van der Waals surface area contributed by atoms with Gasteiger partial charge in [0, 0.05) is 0 Å². The van der Waals surface area contributed by atoms with Crippen LogP contribution in [0.25, 0.3) is 22.6 Å². The third kappa shape index (κ3) is 2.61. The number of hydrogen-bond donors (Lipinski definition) is 2. The normalized spacial score (nSPS) is 10.9. The SMILES string of the molecule is Cc1noc2nc(-c3ccco3)cc(C(=O)Nc3ccccc3O)c12. The molecule has 0 aliphatic rings. The molecule has 2 N–H and O–H groups in total. The van der Waals surface area contributed by atoms with Gasteiger partial charge in [0.1, 0.15) is 11.4 Å². The lowest BCUT2D eigenvalue weighted by atomic mass is 10.1. The first-order chi connectivity index (χ1) is 12.1. The van der Waals surface area contributed by atoms with Gasteiger partial charge in [-0.3, -0.25) is 4.79 Å². The van der Waals surface area contributed by atoms with E-state index in [4.69, 9.17) is 8.94 Å². The van der Waals surface area contributed by atoms with E-state index >= 15 is 0 Å². The molecule has 124 valence electrons. The van der Waals surface area contributed by atoms with Crippen molar-refractivity contribution >= 4 is 22.7 Å². The van der Waals surface area contributed by atoms with Crippen LogP contribution in [0, 0.1) is 6.92 Å². The van der Waals surface area contributed by atoms with Crippen LogP contribution < -0.4 is 5.32 Å². The van der Waals surface area contributed by atoms with E-state index in [1.54, 1.807) is 43.3 Å². The van der Waals surface area contributed by atoms with E-state index in [9.17, 15) is 9.90 Å². The summed E-state index contributed by atoms with van der Waals surface area (Å²) in [6, 6.07) is 11.6. The molecule has 7 heteroatoms. The molecule has 3 aromatic heterocycles. The van der Waals surface area contributed by atoms with Crippen LogP contribution in [-0.4, -0.2) is 21.2 Å². The maximum atomic E-state index is 12.8. The number of benzene rings is 1. The van der Waals surface area contributed by atoms with Crippen LogP contribution in [-0.2, 0) is 0 Å². The van der Waals surface area contributed by atoms with Crippen molar-refractivity contribution in [1.29, 1.82) is 0 Å². The third-order valence-corrected chi connectivity index (χ3v) is 3.79. The van der Waals surface area contributed by atoms with Crippen LogP contribution >= 0.6 is 0 Å². The van der Waals surface area contributed by atoms with E-state index in [0.29, 0.717) is 33.8 Å². The quantitative estimate of drug-likeness (QED) is 0.553. The van der Waals surface area contributed by atoms with Crippen LogP contribution in [0.5, 0.6) is 5.75 Å². The Kier molecular flexibility index (Phi) is 3.46. The number of hydrogen-bond acceptors (Lipinski definition) is 6. The predicted octanol–water partition coefficient (Wildman–Crippen LogP) is 3.75. The van der Waals surface area contributed by atoms with Crippen molar-refractivity contribution in [1.82, 2.24) is 10.1 Å². The molecule has 0 saturated carbocycles. The van der Waals surface area contributed by atoms with Gasteiger partial charge in [-0.15, -0.1) is 0 Å². The molecule has 0 aliphatic carbocycles.